The van der Waals surface area contributed by atoms with Crippen molar-refractivity contribution >= 4 is 5.69 Å². The van der Waals surface area contributed by atoms with Crippen LogP contribution in [0.25, 0.3) is 0 Å². The van der Waals surface area contributed by atoms with Crippen LogP contribution in [0, 0.1) is 11.3 Å². The molecule has 0 saturated carbocycles. The molecule has 1 aromatic carbocycles. The Morgan fingerprint density at radius 1 is 1.26 bits per heavy atom. The van der Waals surface area contributed by atoms with Gasteiger partial charge in [-0.3, -0.25) is 0 Å². The van der Waals surface area contributed by atoms with Crippen molar-refractivity contribution in [3.8, 4) is 17.7 Å². The second-order valence-corrected chi connectivity index (χ2v) is 4.56. The molecule has 19 heavy (non-hydrogen) atoms. The van der Waals surface area contributed by atoms with E-state index in [0.717, 1.165) is 0 Å². The van der Waals surface area contributed by atoms with Crippen LogP contribution in [0.1, 0.15) is 30.9 Å². The number of hydrogen-bond donors (Lipinski definition) is 1. The van der Waals surface area contributed by atoms with Crippen molar-refractivity contribution in [3.05, 3.63) is 47.7 Å². The second-order valence-electron chi connectivity index (χ2n) is 4.56. The molecule has 0 unspecified atom stereocenters. The SMILES string of the molecule is CC(C)c1ccc(Oc2ncc(C#N)cc2N)cc1. The van der Waals surface area contributed by atoms with Crippen molar-refractivity contribution in [1.82, 2.24) is 4.98 Å². The van der Waals surface area contributed by atoms with Gasteiger partial charge in [-0.1, -0.05) is 26.0 Å². The van der Waals surface area contributed by atoms with Gasteiger partial charge >= 0.3 is 0 Å². The molecule has 0 aliphatic carbocycles. The summed E-state index contributed by atoms with van der Waals surface area (Å²) in [7, 11) is 0. The molecule has 0 aliphatic rings. The Morgan fingerprint density at radius 2 is 1.95 bits per heavy atom. The maximum absolute atomic E-state index is 8.74. The van der Waals surface area contributed by atoms with Gasteiger partial charge in [0.1, 0.15) is 11.8 Å². The number of nitrogens with zero attached hydrogens (tertiary/aromatic N) is 2. The second kappa shape index (κ2) is 5.40. The van der Waals surface area contributed by atoms with E-state index in [4.69, 9.17) is 15.7 Å². The average molecular weight is 253 g/mol. The van der Waals surface area contributed by atoms with Gasteiger partial charge in [0, 0.05) is 6.20 Å². The van der Waals surface area contributed by atoms with Gasteiger partial charge in [-0.25, -0.2) is 4.98 Å². The van der Waals surface area contributed by atoms with Crippen LogP contribution in [-0.4, -0.2) is 4.98 Å². The van der Waals surface area contributed by atoms with Crippen LogP contribution in [0.4, 0.5) is 5.69 Å². The minimum atomic E-state index is 0.316. The summed E-state index contributed by atoms with van der Waals surface area (Å²) in [6.07, 6.45) is 1.44. The normalized spacial score (nSPS) is 10.2. The largest absolute Gasteiger partial charge is 0.437 e. The van der Waals surface area contributed by atoms with Gasteiger partial charge in [-0.05, 0) is 29.7 Å². The lowest BCUT2D eigenvalue weighted by Gasteiger charge is -2.09. The molecule has 2 aromatic rings. The predicted octanol–water partition coefficient (Wildman–Crippen LogP) is 3.45. The Kier molecular flexibility index (Phi) is 3.67. The number of hydrogen-bond acceptors (Lipinski definition) is 4. The summed E-state index contributed by atoms with van der Waals surface area (Å²) in [5.41, 5.74) is 7.80. The Labute approximate surface area is 112 Å². The van der Waals surface area contributed by atoms with E-state index in [0.29, 0.717) is 28.8 Å². The average Bonchev–Trinajstić information content (AvgIpc) is 2.41. The number of nitriles is 1. The van der Waals surface area contributed by atoms with E-state index in [1.807, 2.05) is 30.3 Å². The molecule has 96 valence electrons. The molecule has 0 amide bonds. The number of rotatable bonds is 3. The zero-order valence-corrected chi connectivity index (χ0v) is 10.9. The Bertz CT molecular complexity index is 612. The lowest BCUT2D eigenvalue weighted by atomic mass is 10.0. The third-order valence-corrected chi connectivity index (χ3v) is 2.77. The van der Waals surface area contributed by atoms with E-state index in [1.54, 1.807) is 6.07 Å². The number of ether oxygens (including phenoxy) is 1. The number of anilines is 1. The monoisotopic (exact) mass is 253 g/mol. The summed E-state index contributed by atoms with van der Waals surface area (Å²) in [5.74, 6) is 1.47. The third-order valence-electron chi connectivity index (χ3n) is 2.77. The van der Waals surface area contributed by atoms with Gasteiger partial charge in [-0.15, -0.1) is 0 Å². The first-order chi connectivity index (χ1) is 9.10. The van der Waals surface area contributed by atoms with E-state index in [-0.39, 0.29) is 0 Å². The molecule has 4 heteroatoms. The van der Waals surface area contributed by atoms with Crippen LogP contribution in [-0.2, 0) is 0 Å². The van der Waals surface area contributed by atoms with E-state index in [2.05, 4.69) is 18.8 Å². The molecule has 4 nitrogen and oxygen atoms in total. The van der Waals surface area contributed by atoms with Crippen LogP contribution in [0.3, 0.4) is 0 Å². The summed E-state index contributed by atoms with van der Waals surface area (Å²) in [6, 6.07) is 11.3. The van der Waals surface area contributed by atoms with Crippen LogP contribution in [0.2, 0.25) is 0 Å². The van der Waals surface area contributed by atoms with Crippen molar-refractivity contribution < 1.29 is 4.74 Å². The molecule has 0 radical (unpaired) electrons. The molecule has 0 aliphatic heterocycles. The van der Waals surface area contributed by atoms with Crippen LogP contribution in [0.15, 0.2) is 36.5 Å². The molecular formula is C15H15N3O. The third kappa shape index (κ3) is 3.02. The van der Waals surface area contributed by atoms with E-state index >= 15 is 0 Å². The van der Waals surface area contributed by atoms with Gasteiger partial charge in [-0.2, -0.15) is 5.26 Å². The van der Waals surface area contributed by atoms with Gasteiger partial charge in [0.15, 0.2) is 0 Å². The molecule has 0 bridgehead atoms. The Balaban J connectivity index is 2.19. The number of nitrogens with two attached hydrogens (primary N) is 1. The summed E-state index contributed by atoms with van der Waals surface area (Å²) in [6.45, 7) is 4.27. The van der Waals surface area contributed by atoms with Crippen LogP contribution in [0.5, 0.6) is 11.6 Å². The zero-order chi connectivity index (χ0) is 13.8. The highest BCUT2D eigenvalue weighted by Gasteiger charge is 2.06. The molecule has 0 saturated heterocycles. The van der Waals surface area contributed by atoms with Crippen LogP contribution < -0.4 is 10.5 Å². The Morgan fingerprint density at radius 3 is 2.47 bits per heavy atom. The Hall–Kier alpha value is -2.54. The fraction of sp³-hybridized carbons (Fsp3) is 0.200. The van der Waals surface area contributed by atoms with Crippen molar-refractivity contribution in [2.45, 2.75) is 19.8 Å². The van der Waals surface area contributed by atoms with Gasteiger partial charge in [0.25, 0.3) is 0 Å². The smallest absolute Gasteiger partial charge is 0.242 e. The fourth-order valence-corrected chi connectivity index (χ4v) is 1.65. The predicted molar refractivity (Wildman–Crippen MR) is 74.0 cm³/mol. The molecular weight excluding hydrogens is 238 g/mol. The number of aromatic nitrogens is 1. The minimum Gasteiger partial charge on any atom is -0.437 e. The van der Waals surface area contributed by atoms with Crippen LogP contribution >= 0.6 is 0 Å². The lowest BCUT2D eigenvalue weighted by Crippen LogP contribution is -1.96. The maximum Gasteiger partial charge on any atom is 0.242 e. The molecule has 2 rings (SSSR count). The zero-order valence-electron chi connectivity index (χ0n) is 10.9. The quantitative estimate of drug-likeness (QED) is 0.909. The standard InChI is InChI=1S/C15H15N3O/c1-10(2)12-3-5-13(6-4-12)19-15-14(17)7-11(8-16)9-18-15/h3-7,9-10H,17H2,1-2H3. The first-order valence-electron chi connectivity index (χ1n) is 6.03. The van der Waals surface area contributed by atoms with Gasteiger partial charge in [0.2, 0.25) is 5.88 Å². The summed E-state index contributed by atoms with van der Waals surface area (Å²) in [5, 5.41) is 8.74. The minimum absolute atomic E-state index is 0.316. The highest BCUT2D eigenvalue weighted by molar-refractivity contribution is 5.53. The van der Waals surface area contributed by atoms with E-state index in [9.17, 15) is 0 Å². The van der Waals surface area contributed by atoms with Gasteiger partial charge in [0.05, 0.1) is 11.3 Å². The highest BCUT2D eigenvalue weighted by atomic mass is 16.5. The first kappa shape index (κ1) is 12.9. The van der Waals surface area contributed by atoms with Crippen molar-refractivity contribution in [1.29, 1.82) is 5.26 Å². The number of benzene rings is 1. The van der Waals surface area contributed by atoms with E-state index in [1.165, 1.54) is 11.8 Å². The first-order valence-corrected chi connectivity index (χ1v) is 6.03. The summed E-state index contributed by atoms with van der Waals surface area (Å²) >= 11 is 0. The van der Waals surface area contributed by atoms with Gasteiger partial charge < -0.3 is 10.5 Å². The molecule has 0 fully saturated rings. The van der Waals surface area contributed by atoms with Crippen molar-refractivity contribution in [2.24, 2.45) is 0 Å². The van der Waals surface area contributed by atoms with Crippen molar-refractivity contribution in [3.63, 3.8) is 0 Å². The maximum atomic E-state index is 8.74. The van der Waals surface area contributed by atoms with E-state index < -0.39 is 0 Å². The summed E-state index contributed by atoms with van der Waals surface area (Å²) in [4.78, 5) is 4.03. The molecule has 0 atom stereocenters. The molecule has 2 N–H and O–H groups in total. The fourth-order valence-electron chi connectivity index (χ4n) is 1.65. The number of pyridine rings is 1. The summed E-state index contributed by atoms with van der Waals surface area (Å²) < 4.78 is 5.60. The molecule has 1 heterocycles. The molecule has 0 spiro atoms. The van der Waals surface area contributed by atoms with Crippen molar-refractivity contribution in [2.75, 3.05) is 5.73 Å². The highest BCUT2D eigenvalue weighted by Crippen LogP contribution is 2.26. The topological polar surface area (TPSA) is 71.9 Å². The number of nitrogen functional groups attached to an aromatic ring is 1. The lowest BCUT2D eigenvalue weighted by molar-refractivity contribution is 0.465. The molecule has 1 aromatic heterocycles.